The predicted octanol–water partition coefficient (Wildman–Crippen LogP) is 8.05. The lowest BCUT2D eigenvalue weighted by Crippen LogP contribution is -2.58. The number of cyclic esters (lactones) is 1. The zero-order chi connectivity index (χ0) is 37.2. The molecule has 51 heavy (non-hydrogen) atoms. The highest BCUT2D eigenvalue weighted by Crippen LogP contribution is 2.36. The first-order valence-corrected chi connectivity index (χ1v) is 20.8. The Hall–Kier alpha value is -3.42. The van der Waals surface area contributed by atoms with Crippen molar-refractivity contribution in [2.75, 3.05) is 31.3 Å². The SMILES string of the molecule is CCCCCCCCOCCCN1C(C(C(=O)Nc2cc(C(C)(C)C)ccc2SC)N2C(=O)OC(CCCC)C2=O)=Nc2ccccc2S1(=O)=O. The van der Waals surface area contributed by atoms with E-state index >= 15 is 0 Å². The van der Waals surface area contributed by atoms with Crippen LogP contribution < -0.4 is 5.32 Å². The van der Waals surface area contributed by atoms with Crippen LogP contribution in [0.25, 0.3) is 0 Å². The molecule has 0 aromatic heterocycles. The molecule has 2 heterocycles. The van der Waals surface area contributed by atoms with Crippen molar-refractivity contribution in [2.45, 2.75) is 126 Å². The molecule has 1 saturated heterocycles. The normalized spacial score (nSPS) is 17.6. The van der Waals surface area contributed by atoms with Crippen molar-refractivity contribution in [1.82, 2.24) is 9.21 Å². The number of nitrogens with one attached hydrogen (secondary N) is 1. The molecule has 1 N–H and O–H groups in total. The molecule has 4 rings (SSSR count). The summed E-state index contributed by atoms with van der Waals surface area (Å²) >= 11 is 1.42. The Morgan fingerprint density at radius 1 is 0.980 bits per heavy atom. The number of unbranched alkanes of at least 4 members (excludes halogenated alkanes) is 6. The van der Waals surface area contributed by atoms with E-state index in [0.29, 0.717) is 25.1 Å². The van der Waals surface area contributed by atoms with Gasteiger partial charge in [0, 0.05) is 24.7 Å². The maximum Gasteiger partial charge on any atom is 0.418 e. The highest BCUT2D eigenvalue weighted by molar-refractivity contribution is 7.98. The van der Waals surface area contributed by atoms with Gasteiger partial charge in [-0.1, -0.05) is 91.3 Å². The number of fused-ring (bicyclic) bond motifs is 1. The van der Waals surface area contributed by atoms with Crippen molar-refractivity contribution in [1.29, 1.82) is 0 Å². The Morgan fingerprint density at radius 3 is 2.37 bits per heavy atom. The van der Waals surface area contributed by atoms with Gasteiger partial charge >= 0.3 is 6.09 Å². The Kier molecular flexibility index (Phi) is 14.5. The molecule has 2 aromatic rings. The number of hydrogen-bond acceptors (Lipinski definition) is 9. The average Bonchev–Trinajstić information content (AvgIpc) is 3.37. The number of aliphatic imine (C=N–C) groups is 1. The van der Waals surface area contributed by atoms with Crippen molar-refractivity contribution in [3.8, 4) is 0 Å². The van der Waals surface area contributed by atoms with Crippen LogP contribution in [-0.2, 0) is 34.5 Å². The maximum absolute atomic E-state index is 14.6. The predicted molar refractivity (Wildman–Crippen MR) is 202 cm³/mol. The standard InChI is InChI=1S/C38H54N4O7S2/c1-7-9-11-12-13-16-24-48-25-17-23-41-34(39-28-18-14-15-20-32(28)51(41,46)47)33(42-36(44)30(19-10-8-2)49-37(42)45)35(43)40-29-26-27(38(3,4)5)21-22-31(29)50-6/h14-15,18,20-22,26,30,33H,7-13,16-17,19,23-25H2,1-6H3,(H,40,43). The summed E-state index contributed by atoms with van der Waals surface area (Å²) in [5.74, 6) is -1.74. The van der Waals surface area contributed by atoms with Crippen LogP contribution in [0.3, 0.4) is 0 Å². The van der Waals surface area contributed by atoms with Crippen molar-refractivity contribution < 1.29 is 32.3 Å². The van der Waals surface area contributed by atoms with E-state index in [1.165, 1.54) is 43.2 Å². The van der Waals surface area contributed by atoms with Gasteiger partial charge in [0.05, 0.1) is 11.4 Å². The number of ether oxygens (including phenoxy) is 2. The molecule has 0 bridgehead atoms. The quantitative estimate of drug-likeness (QED) is 0.113. The number of hydrogen-bond donors (Lipinski definition) is 1. The zero-order valence-electron chi connectivity index (χ0n) is 30.9. The minimum Gasteiger partial charge on any atom is -0.436 e. The first-order chi connectivity index (χ1) is 24.3. The van der Waals surface area contributed by atoms with Crippen LogP contribution in [0, 0.1) is 0 Å². The summed E-state index contributed by atoms with van der Waals surface area (Å²) in [6.45, 7) is 11.1. The number of amidine groups is 1. The fraction of sp³-hybridized carbons (Fsp3) is 0.579. The van der Waals surface area contributed by atoms with Gasteiger partial charge in [0.25, 0.3) is 21.8 Å². The third-order valence-corrected chi connectivity index (χ3v) is 11.7. The molecular weight excluding hydrogens is 689 g/mol. The number of benzene rings is 2. The smallest absolute Gasteiger partial charge is 0.418 e. The molecule has 2 aliphatic heterocycles. The molecule has 1 fully saturated rings. The van der Waals surface area contributed by atoms with Crippen LogP contribution in [-0.4, -0.2) is 79.5 Å². The largest absolute Gasteiger partial charge is 0.436 e. The molecule has 2 atom stereocenters. The summed E-state index contributed by atoms with van der Waals surface area (Å²) in [5, 5.41) is 2.94. The number of amides is 3. The van der Waals surface area contributed by atoms with Crippen LogP contribution >= 0.6 is 11.8 Å². The van der Waals surface area contributed by atoms with Crippen LogP contribution in [0.4, 0.5) is 16.2 Å². The molecule has 0 aliphatic carbocycles. The van der Waals surface area contributed by atoms with Gasteiger partial charge < -0.3 is 14.8 Å². The molecular formula is C38H54N4O7S2. The lowest BCUT2D eigenvalue weighted by Gasteiger charge is -2.35. The highest BCUT2D eigenvalue weighted by atomic mass is 32.2. The van der Waals surface area contributed by atoms with Crippen LogP contribution in [0.5, 0.6) is 0 Å². The summed E-state index contributed by atoms with van der Waals surface area (Å²) in [7, 11) is -4.25. The number of carbonyl (C=O) groups excluding carboxylic acids is 3. The molecule has 2 aromatic carbocycles. The van der Waals surface area contributed by atoms with Gasteiger partial charge in [-0.05, 0) is 67.2 Å². The maximum atomic E-state index is 14.6. The second-order valence-corrected chi connectivity index (χ2v) is 16.7. The number of sulfonamides is 1. The third kappa shape index (κ3) is 9.92. The Balaban J connectivity index is 1.71. The molecule has 11 nitrogen and oxygen atoms in total. The van der Waals surface area contributed by atoms with E-state index in [-0.39, 0.29) is 41.4 Å². The van der Waals surface area contributed by atoms with E-state index in [9.17, 15) is 22.8 Å². The fourth-order valence-electron chi connectivity index (χ4n) is 6.12. The Labute approximate surface area is 308 Å². The topological polar surface area (TPSA) is 135 Å². The van der Waals surface area contributed by atoms with Gasteiger partial charge in [0.15, 0.2) is 18.0 Å². The number of carbonyl (C=O) groups is 3. The molecule has 2 aliphatic rings. The molecule has 13 heteroatoms. The summed E-state index contributed by atoms with van der Waals surface area (Å²) in [6.07, 6.45) is 8.50. The lowest BCUT2D eigenvalue weighted by atomic mass is 9.87. The number of nitrogens with zero attached hydrogens (tertiary/aromatic N) is 3. The molecule has 3 amide bonds. The van der Waals surface area contributed by atoms with E-state index in [2.05, 4.69) is 33.0 Å². The number of anilines is 1. The Bertz CT molecular complexity index is 1670. The molecule has 0 saturated carbocycles. The highest BCUT2D eigenvalue weighted by Gasteiger charge is 2.52. The van der Waals surface area contributed by atoms with E-state index in [1.807, 2.05) is 31.4 Å². The van der Waals surface area contributed by atoms with Crippen molar-refractivity contribution in [3.63, 3.8) is 0 Å². The van der Waals surface area contributed by atoms with E-state index in [1.54, 1.807) is 12.1 Å². The second kappa shape index (κ2) is 18.4. The van der Waals surface area contributed by atoms with Crippen LogP contribution in [0.15, 0.2) is 57.2 Å². The first kappa shape index (κ1) is 40.4. The van der Waals surface area contributed by atoms with Crippen molar-refractivity contribution in [3.05, 3.63) is 48.0 Å². The van der Waals surface area contributed by atoms with Gasteiger partial charge in [-0.25, -0.2) is 23.1 Å². The molecule has 0 radical (unpaired) electrons. The first-order valence-electron chi connectivity index (χ1n) is 18.2. The van der Waals surface area contributed by atoms with E-state index in [0.717, 1.165) is 45.3 Å². The number of para-hydroxylation sites is 1. The molecule has 280 valence electrons. The third-order valence-electron chi connectivity index (χ3n) is 9.06. The minimum atomic E-state index is -4.25. The summed E-state index contributed by atoms with van der Waals surface area (Å²) in [4.78, 5) is 48.2. The number of imide groups is 1. The second-order valence-electron chi connectivity index (χ2n) is 14.0. The monoisotopic (exact) mass is 742 g/mol. The number of rotatable bonds is 19. The van der Waals surface area contributed by atoms with E-state index in [4.69, 9.17) is 14.5 Å². The summed E-state index contributed by atoms with van der Waals surface area (Å²) < 4.78 is 41.0. The van der Waals surface area contributed by atoms with Gasteiger partial charge in [-0.15, -0.1) is 11.8 Å². The van der Waals surface area contributed by atoms with Gasteiger partial charge in [-0.3, -0.25) is 13.9 Å². The Morgan fingerprint density at radius 2 is 1.67 bits per heavy atom. The van der Waals surface area contributed by atoms with Crippen molar-refractivity contribution >= 4 is 56.9 Å². The number of thioether (sulfide) groups is 1. The van der Waals surface area contributed by atoms with Gasteiger partial charge in [-0.2, -0.15) is 0 Å². The van der Waals surface area contributed by atoms with E-state index < -0.39 is 40.1 Å². The summed E-state index contributed by atoms with van der Waals surface area (Å²) in [6, 6.07) is 10.3. The lowest BCUT2D eigenvalue weighted by molar-refractivity contribution is -0.133. The van der Waals surface area contributed by atoms with Crippen LogP contribution in [0.1, 0.15) is 104 Å². The van der Waals surface area contributed by atoms with Gasteiger partial charge in [0.1, 0.15) is 4.90 Å². The minimum absolute atomic E-state index is 0.0281. The van der Waals surface area contributed by atoms with Crippen molar-refractivity contribution in [2.24, 2.45) is 4.99 Å². The average molecular weight is 743 g/mol. The fourth-order valence-corrected chi connectivity index (χ4v) is 8.28. The molecule has 2 unspecified atom stereocenters. The summed E-state index contributed by atoms with van der Waals surface area (Å²) in [5.41, 5.74) is 1.30. The van der Waals surface area contributed by atoms with Crippen LogP contribution in [0.2, 0.25) is 0 Å². The zero-order valence-corrected chi connectivity index (χ0v) is 32.5. The van der Waals surface area contributed by atoms with Gasteiger partial charge in [0.2, 0.25) is 0 Å². The molecule has 0 spiro atoms.